The highest BCUT2D eigenvalue weighted by atomic mass is 19.4. The van der Waals surface area contributed by atoms with Crippen LogP contribution in [0.15, 0.2) is 24.0 Å². The molecule has 1 aromatic rings. The zero-order chi connectivity index (χ0) is 20.9. The van der Waals surface area contributed by atoms with E-state index in [9.17, 15) is 26.3 Å². The van der Waals surface area contributed by atoms with Gasteiger partial charge < -0.3 is 4.74 Å². The predicted molar refractivity (Wildman–Crippen MR) is 96.4 cm³/mol. The first-order valence-corrected chi connectivity index (χ1v) is 9.60. The Morgan fingerprint density at radius 1 is 1.14 bits per heavy atom. The van der Waals surface area contributed by atoms with Gasteiger partial charge in [-0.2, -0.15) is 13.2 Å². The smallest absolute Gasteiger partial charge is 0.372 e. The molecule has 2 rings (SSSR count). The van der Waals surface area contributed by atoms with E-state index in [1.807, 2.05) is 0 Å². The fraction of sp³-hybridized carbons (Fsp3) is 0.619. The van der Waals surface area contributed by atoms with Crippen LogP contribution in [0.4, 0.5) is 26.3 Å². The van der Waals surface area contributed by atoms with Gasteiger partial charge in [-0.1, -0.05) is 31.9 Å². The van der Waals surface area contributed by atoms with Gasteiger partial charge >= 0.3 is 6.18 Å². The van der Waals surface area contributed by atoms with Gasteiger partial charge in [-0.05, 0) is 43.2 Å². The second-order valence-corrected chi connectivity index (χ2v) is 7.44. The molecule has 158 valence electrons. The van der Waals surface area contributed by atoms with E-state index in [4.69, 9.17) is 0 Å². The normalized spacial score (nSPS) is 22.7. The molecule has 1 nitrogen and oxygen atoms in total. The highest BCUT2D eigenvalue weighted by Gasteiger charge is 2.40. The van der Waals surface area contributed by atoms with Crippen molar-refractivity contribution >= 4 is 5.83 Å². The molecule has 0 heterocycles. The fourth-order valence-corrected chi connectivity index (χ4v) is 3.81. The molecule has 0 saturated heterocycles. The second kappa shape index (κ2) is 9.81. The van der Waals surface area contributed by atoms with E-state index >= 15 is 0 Å². The van der Waals surface area contributed by atoms with Crippen LogP contribution < -0.4 is 0 Å². The van der Waals surface area contributed by atoms with E-state index in [-0.39, 0.29) is 11.1 Å². The summed E-state index contributed by atoms with van der Waals surface area (Å²) in [5.74, 6) is -3.04. The van der Waals surface area contributed by atoms with Crippen LogP contribution in [0, 0.1) is 17.7 Å². The molecule has 1 fully saturated rings. The van der Waals surface area contributed by atoms with Crippen LogP contribution in [0.5, 0.6) is 0 Å². The molecule has 1 saturated carbocycles. The predicted octanol–water partition coefficient (Wildman–Crippen LogP) is 7.16. The van der Waals surface area contributed by atoms with Crippen LogP contribution in [0.25, 0.3) is 5.83 Å². The maximum atomic E-state index is 14.5. The van der Waals surface area contributed by atoms with Crippen LogP contribution >= 0.6 is 0 Å². The average molecular weight is 408 g/mol. The van der Waals surface area contributed by atoms with Gasteiger partial charge in [0.05, 0.1) is 0 Å². The zero-order valence-electron chi connectivity index (χ0n) is 16.1. The summed E-state index contributed by atoms with van der Waals surface area (Å²) < 4.78 is 85.9. The van der Waals surface area contributed by atoms with E-state index < -0.39 is 42.1 Å². The summed E-state index contributed by atoms with van der Waals surface area (Å²) in [5, 5.41) is 0. The largest absolute Gasteiger partial charge is 0.414 e. The van der Waals surface area contributed by atoms with Gasteiger partial charge in [0.2, 0.25) is 0 Å². The van der Waals surface area contributed by atoms with Crippen molar-refractivity contribution in [3.05, 3.63) is 41.0 Å². The Morgan fingerprint density at radius 2 is 1.79 bits per heavy atom. The molecule has 1 unspecified atom stereocenters. The van der Waals surface area contributed by atoms with Crippen LogP contribution in [0.3, 0.4) is 0 Å². The van der Waals surface area contributed by atoms with E-state index in [0.29, 0.717) is 18.8 Å². The molecule has 1 aliphatic carbocycles. The molecule has 0 aromatic heterocycles. The van der Waals surface area contributed by atoms with Crippen molar-refractivity contribution in [2.45, 2.75) is 64.1 Å². The third-order valence-electron chi connectivity index (χ3n) is 5.47. The first kappa shape index (κ1) is 22.8. The molecule has 0 radical (unpaired) electrons. The van der Waals surface area contributed by atoms with Crippen molar-refractivity contribution in [1.29, 1.82) is 0 Å². The number of ether oxygens (including phenoxy) is 1. The first-order chi connectivity index (χ1) is 13.2. The van der Waals surface area contributed by atoms with Crippen molar-refractivity contribution < 1.29 is 31.1 Å². The molecule has 28 heavy (non-hydrogen) atoms. The lowest BCUT2D eigenvalue weighted by Crippen LogP contribution is -2.32. The third-order valence-corrected chi connectivity index (χ3v) is 5.47. The minimum absolute atomic E-state index is 0.263. The summed E-state index contributed by atoms with van der Waals surface area (Å²) in [6, 6.07) is 2.91. The van der Waals surface area contributed by atoms with E-state index in [0.717, 1.165) is 51.0 Å². The van der Waals surface area contributed by atoms with Crippen LogP contribution in [-0.2, 0) is 11.2 Å². The van der Waals surface area contributed by atoms with Crippen molar-refractivity contribution in [3.8, 4) is 0 Å². The van der Waals surface area contributed by atoms with Crippen molar-refractivity contribution in [2.75, 3.05) is 7.11 Å². The van der Waals surface area contributed by atoms with Crippen LogP contribution in [0.2, 0.25) is 0 Å². The van der Waals surface area contributed by atoms with Crippen molar-refractivity contribution in [2.24, 2.45) is 11.8 Å². The number of rotatable bonds is 7. The SMILES string of the molecule is CCCC1CCC(/C(F)=C(/F)c2ccc(CC(OC)C(F)(F)F)c(F)c2)CC1. The topological polar surface area (TPSA) is 9.23 Å². The summed E-state index contributed by atoms with van der Waals surface area (Å²) >= 11 is 0. The summed E-state index contributed by atoms with van der Waals surface area (Å²) in [7, 11) is 0.886. The maximum Gasteiger partial charge on any atom is 0.414 e. The van der Waals surface area contributed by atoms with Gasteiger partial charge in [0.1, 0.15) is 11.6 Å². The molecular weight excluding hydrogens is 382 g/mol. The molecule has 0 bridgehead atoms. The molecule has 1 aliphatic rings. The monoisotopic (exact) mass is 408 g/mol. The first-order valence-electron chi connectivity index (χ1n) is 9.60. The van der Waals surface area contributed by atoms with Crippen molar-refractivity contribution in [1.82, 2.24) is 0 Å². The minimum atomic E-state index is -4.65. The number of benzene rings is 1. The highest BCUT2D eigenvalue weighted by molar-refractivity contribution is 5.61. The lowest BCUT2D eigenvalue weighted by Gasteiger charge is -2.27. The Kier molecular flexibility index (Phi) is 7.98. The molecular formula is C21H26F6O. The van der Waals surface area contributed by atoms with E-state index in [1.54, 1.807) is 0 Å². The van der Waals surface area contributed by atoms with Gasteiger partial charge in [0.25, 0.3) is 0 Å². The molecule has 7 heteroatoms. The number of hydrogen-bond donors (Lipinski definition) is 0. The van der Waals surface area contributed by atoms with Gasteiger partial charge in [0, 0.05) is 25.0 Å². The summed E-state index contributed by atoms with van der Waals surface area (Å²) in [4.78, 5) is 0. The maximum absolute atomic E-state index is 14.5. The Labute approximate surface area is 161 Å². The zero-order valence-corrected chi connectivity index (χ0v) is 16.1. The third kappa shape index (κ3) is 5.75. The quantitative estimate of drug-likeness (QED) is 0.435. The van der Waals surface area contributed by atoms with E-state index in [2.05, 4.69) is 11.7 Å². The number of halogens is 6. The van der Waals surface area contributed by atoms with Crippen LogP contribution in [-0.4, -0.2) is 19.4 Å². The van der Waals surface area contributed by atoms with Gasteiger partial charge in [-0.25, -0.2) is 13.2 Å². The Balaban J connectivity index is 2.12. The fourth-order valence-electron chi connectivity index (χ4n) is 3.81. The molecule has 0 spiro atoms. The number of allylic oxidation sites excluding steroid dienone is 1. The van der Waals surface area contributed by atoms with Crippen molar-refractivity contribution in [3.63, 3.8) is 0 Å². The van der Waals surface area contributed by atoms with Gasteiger partial charge in [0.15, 0.2) is 11.9 Å². The van der Waals surface area contributed by atoms with Gasteiger partial charge in [-0.3, -0.25) is 0 Å². The summed E-state index contributed by atoms with van der Waals surface area (Å²) in [6.07, 6.45) is -2.64. The Bertz CT molecular complexity index is 674. The molecule has 1 atom stereocenters. The summed E-state index contributed by atoms with van der Waals surface area (Å²) in [5.41, 5.74) is -0.559. The minimum Gasteiger partial charge on any atom is -0.372 e. The standard InChI is InChI=1S/C21H26F6O/c1-3-4-13-5-7-14(8-6-13)19(23)20(24)16-10-9-15(17(22)11-16)12-18(28-2)21(25,26)27/h9-11,13-14,18H,3-8,12H2,1-2H3/b20-19-. The highest BCUT2D eigenvalue weighted by Crippen LogP contribution is 2.39. The number of methoxy groups -OCH3 is 1. The summed E-state index contributed by atoms with van der Waals surface area (Å²) in [6.45, 7) is 2.09. The molecule has 1 aromatic carbocycles. The van der Waals surface area contributed by atoms with Gasteiger partial charge in [-0.15, -0.1) is 0 Å². The average Bonchev–Trinajstić information content (AvgIpc) is 2.65. The lowest BCUT2D eigenvalue weighted by molar-refractivity contribution is -0.212. The lowest BCUT2D eigenvalue weighted by atomic mass is 9.79. The number of hydrogen-bond acceptors (Lipinski definition) is 1. The number of alkyl halides is 3. The molecule has 0 amide bonds. The molecule has 0 N–H and O–H groups in total. The molecule has 0 aliphatic heterocycles. The second-order valence-electron chi connectivity index (χ2n) is 7.44. The Hall–Kier alpha value is -1.50. The Morgan fingerprint density at radius 3 is 2.29 bits per heavy atom. The van der Waals surface area contributed by atoms with E-state index in [1.165, 1.54) is 0 Å². The van der Waals surface area contributed by atoms with Crippen LogP contribution in [0.1, 0.15) is 56.6 Å².